The molecule has 0 spiro atoms. The van der Waals surface area contributed by atoms with Gasteiger partial charge in [0.05, 0.1) is 4.92 Å². The molecule has 1 heterocycles. The van der Waals surface area contributed by atoms with E-state index in [2.05, 4.69) is 15.6 Å². The second-order valence-electron chi connectivity index (χ2n) is 5.67. The summed E-state index contributed by atoms with van der Waals surface area (Å²) in [5.41, 5.74) is 1.61. The molecule has 1 aromatic heterocycles. The molecule has 0 aliphatic heterocycles. The van der Waals surface area contributed by atoms with Crippen molar-refractivity contribution in [3.05, 3.63) is 63.2 Å². The summed E-state index contributed by atoms with van der Waals surface area (Å²) >= 11 is 5.75. The van der Waals surface area contributed by atoms with Crippen LogP contribution in [-0.4, -0.2) is 21.7 Å². The number of benzene rings is 2. The van der Waals surface area contributed by atoms with Crippen LogP contribution in [0.25, 0.3) is 17.2 Å². The Morgan fingerprint density at radius 1 is 1.21 bits per heavy atom. The highest BCUT2D eigenvalue weighted by molar-refractivity contribution is 6.32. The van der Waals surface area contributed by atoms with Gasteiger partial charge in [-0.15, -0.1) is 0 Å². The van der Waals surface area contributed by atoms with Crippen LogP contribution in [-0.2, 0) is 9.59 Å². The Bertz CT molecular complexity index is 1120. The average molecular weight is 401 g/mol. The van der Waals surface area contributed by atoms with E-state index in [1.807, 2.05) is 0 Å². The summed E-state index contributed by atoms with van der Waals surface area (Å²) in [4.78, 5) is 37.6. The van der Waals surface area contributed by atoms with Gasteiger partial charge in [0.15, 0.2) is 5.58 Å². The highest BCUT2D eigenvalue weighted by Crippen LogP contribution is 2.26. The molecule has 0 aliphatic rings. The Kier molecular flexibility index (Phi) is 5.37. The predicted molar refractivity (Wildman–Crippen MR) is 104 cm³/mol. The molecule has 0 atom stereocenters. The summed E-state index contributed by atoms with van der Waals surface area (Å²) < 4.78 is 5.44. The van der Waals surface area contributed by atoms with Gasteiger partial charge in [-0.05, 0) is 29.8 Å². The van der Waals surface area contributed by atoms with Gasteiger partial charge in [0.25, 0.3) is 11.6 Å². The van der Waals surface area contributed by atoms with Gasteiger partial charge in [-0.25, -0.2) is 0 Å². The van der Waals surface area contributed by atoms with Crippen molar-refractivity contribution in [3.63, 3.8) is 0 Å². The molecule has 0 saturated heterocycles. The maximum atomic E-state index is 12.0. The highest BCUT2D eigenvalue weighted by atomic mass is 35.5. The summed E-state index contributed by atoms with van der Waals surface area (Å²) in [5, 5.41) is 16.0. The first-order valence-electron chi connectivity index (χ1n) is 7.93. The minimum atomic E-state index is -0.604. The van der Waals surface area contributed by atoms with Gasteiger partial charge >= 0.3 is 6.01 Å². The number of nitro benzene ring substituents is 1. The molecule has 3 rings (SSSR count). The number of hydrogen-bond donors (Lipinski definition) is 2. The van der Waals surface area contributed by atoms with Crippen molar-refractivity contribution in [2.45, 2.75) is 6.92 Å². The number of halogens is 1. The molecule has 0 radical (unpaired) electrons. The Balaban J connectivity index is 1.72. The summed E-state index contributed by atoms with van der Waals surface area (Å²) in [5.74, 6) is -0.758. The maximum Gasteiger partial charge on any atom is 0.302 e. The molecule has 2 N–H and O–H groups in total. The first-order chi connectivity index (χ1) is 13.3. The van der Waals surface area contributed by atoms with E-state index in [-0.39, 0.29) is 22.6 Å². The molecule has 2 amide bonds. The Morgan fingerprint density at radius 3 is 2.71 bits per heavy atom. The average Bonchev–Trinajstić information content (AvgIpc) is 3.01. The van der Waals surface area contributed by atoms with Crippen molar-refractivity contribution < 1.29 is 18.9 Å². The van der Waals surface area contributed by atoms with Crippen LogP contribution >= 0.6 is 11.6 Å². The number of fused-ring (bicyclic) bond motifs is 1. The molecule has 142 valence electrons. The first-order valence-corrected chi connectivity index (χ1v) is 8.31. The van der Waals surface area contributed by atoms with Gasteiger partial charge in [0.1, 0.15) is 10.5 Å². The smallest absolute Gasteiger partial charge is 0.302 e. The van der Waals surface area contributed by atoms with E-state index in [4.69, 9.17) is 16.0 Å². The van der Waals surface area contributed by atoms with E-state index >= 15 is 0 Å². The largest absolute Gasteiger partial charge is 0.423 e. The van der Waals surface area contributed by atoms with Crippen LogP contribution in [0.1, 0.15) is 12.5 Å². The van der Waals surface area contributed by atoms with E-state index in [1.54, 1.807) is 24.3 Å². The fourth-order valence-corrected chi connectivity index (χ4v) is 2.54. The minimum absolute atomic E-state index is 0.0108. The number of nitrogens with zero attached hydrogens (tertiary/aromatic N) is 2. The standard InChI is InChI=1S/C18H13ClN4O5/c1-10(24)20-12-4-6-14-16(9-12)28-18(21-14)22-17(25)7-3-11-2-5-13(19)15(8-11)23(26)27/h2-9H,1H3,(H,20,24)(H,21,22,25)/b7-3+. The van der Waals surface area contributed by atoms with Gasteiger partial charge in [0.2, 0.25) is 5.91 Å². The van der Waals surface area contributed by atoms with Gasteiger partial charge in [-0.3, -0.25) is 25.0 Å². The lowest BCUT2D eigenvalue weighted by Gasteiger charge is -1.99. The van der Waals surface area contributed by atoms with Crippen LogP contribution in [0.3, 0.4) is 0 Å². The molecule has 0 fully saturated rings. The SMILES string of the molecule is CC(=O)Nc1ccc2nc(NC(=O)/C=C/c3ccc(Cl)c([N+](=O)[O-])c3)oc2c1. The lowest BCUT2D eigenvalue weighted by atomic mass is 10.2. The van der Waals surface area contributed by atoms with Gasteiger partial charge in [-0.1, -0.05) is 17.7 Å². The first kappa shape index (κ1) is 19.1. The third-order valence-electron chi connectivity index (χ3n) is 3.53. The van der Waals surface area contributed by atoms with Gasteiger partial charge in [-0.2, -0.15) is 4.98 Å². The number of anilines is 2. The third kappa shape index (κ3) is 4.51. The molecule has 3 aromatic rings. The minimum Gasteiger partial charge on any atom is -0.423 e. The number of oxazole rings is 1. The number of amides is 2. The summed E-state index contributed by atoms with van der Waals surface area (Å²) in [6, 6.07) is 9.05. The number of carbonyl (C=O) groups is 2. The fourth-order valence-electron chi connectivity index (χ4n) is 2.35. The van der Waals surface area contributed by atoms with E-state index in [9.17, 15) is 19.7 Å². The zero-order valence-electron chi connectivity index (χ0n) is 14.4. The lowest BCUT2D eigenvalue weighted by Crippen LogP contribution is -2.07. The van der Waals surface area contributed by atoms with E-state index in [0.717, 1.165) is 0 Å². The second kappa shape index (κ2) is 7.89. The second-order valence-corrected chi connectivity index (χ2v) is 6.08. The van der Waals surface area contributed by atoms with Crippen molar-refractivity contribution >= 4 is 58.0 Å². The van der Waals surface area contributed by atoms with Crippen molar-refractivity contribution in [1.82, 2.24) is 4.98 Å². The molecular weight excluding hydrogens is 388 g/mol. The third-order valence-corrected chi connectivity index (χ3v) is 3.85. The number of aromatic nitrogens is 1. The highest BCUT2D eigenvalue weighted by Gasteiger charge is 2.12. The fraction of sp³-hybridized carbons (Fsp3) is 0.0556. The summed E-state index contributed by atoms with van der Waals surface area (Å²) in [6.45, 7) is 1.39. The van der Waals surface area contributed by atoms with Crippen molar-refractivity contribution in [1.29, 1.82) is 0 Å². The molecule has 0 unspecified atom stereocenters. The van der Waals surface area contributed by atoms with Crippen LogP contribution in [0.4, 0.5) is 17.4 Å². The van der Waals surface area contributed by atoms with Crippen LogP contribution in [0.15, 0.2) is 46.9 Å². The Hall–Kier alpha value is -3.72. The van der Waals surface area contributed by atoms with Gasteiger partial charge in [0, 0.05) is 30.8 Å². The molecule has 0 bridgehead atoms. The lowest BCUT2D eigenvalue weighted by molar-refractivity contribution is -0.384. The summed E-state index contributed by atoms with van der Waals surface area (Å²) in [6.07, 6.45) is 2.58. The quantitative estimate of drug-likeness (QED) is 0.378. The van der Waals surface area contributed by atoms with Gasteiger partial charge < -0.3 is 9.73 Å². The van der Waals surface area contributed by atoms with Crippen molar-refractivity contribution in [2.24, 2.45) is 0 Å². The Labute approximate surface area is 163 Å². The van der Waals surface area contributed by atoms with Crippen LogP contribution in [0.5, 0.6) is 0 Å². The zero-order chi connectivity index (χ0) is 20.3. The number of rotatable bonds is 5. The molecule has 2 aromatic carbocycles. The molecule has 28 heavy (non-hydrogen) atoms. The van der Waals surface area contributed by atoms with E-state index in [0.29, 0.717) is 22.4 Å². The monoisotopic (exact) mass is 400 g/mol. The molecule has 10 heteroatoms. The number of carbonyl (C=O) groups excluding carboxylic acids is 2. The molecule has 0 saturated carbocycles. The molecular formula is C18H13ClN4O5. The predicted octanol–water partition coefficient (Wildman–Crippen LogP) is 4.00. The zero-order valence-corrected chi connectivity index (χ0v) is 15.2. The van der Waals surface area contributed by atoms with Crippen molar-refractivity contribution in [2.75, 3.05) is 10.6 Å². The van der Waals surface area contributed by atoms with Crippen LogP contribution in [0.2, 0.25) is 5.02 Å². The van der Waals surface area contributed by atoms with Crippen LogP contribution < -0.4 is 10.6 Å². The van der Waals surface area contributed by atoms with E-state index < -0.39 is 10.8 Å². The number of hydrogen-bond acceptors (Lipinski definition) is 6. The molecule has 9 nitrogen and oxygen atoms in total. The van der Waals surface area contributed by atoms with Crippen molar-refractivity contribution in [3.8, 4) is 0 Å². The van der Waals surface area contributed by atoms with Crippen LogP contribution in [0, 0.1) is 10.1 Å². The normalized spacial score (nSPS) is 10.9. The Morgan fingerprint density at radius 2 is 2.00 bits per heavy atom. The number of nitro groups is 1. The topological polar surface area (TPSA) is 127 Å². The van der Waals surface area contributed by atoms with E-state index in [1.165, 1.54) is 31.2 Å². The molecule has 0 aliphatic carbocycles. The number of nitrogens with one attached hydrogen (secondary N) is 2. The maximum absolute atomic E-state index is 12.0. The summed E-state index contributed by atoms with van der Waals surface area (Å²) in [7, 11) is 0.